The molecule has 8 rings (SSSR count). The largest absolute Gasteiger partial charge is 0.508 e. The molecule has 1 N–H and O–H groups in total. The normalized spacial score (nSPS) is 21.8. The SMILES string of the molecule is CN1CCC(c2ccc(F)cc2)C(COS(C)(=O)=O)C1.CN1CCC(c2ccc(F)cc2)C(COc2ccc3c(c2)OCO3)C1.Oc1ccc2c(c1)OCO2. The van der Waals surface area contributed by atoms with Crippen LogP contribution in [0, 0.1) is 23.5 Å². The second-order valence-corrected chi connectivity index (χ2v) is 15.9. The number of fused-ring (bicyclic) bond motifs is 2. The quantitative estimate of drug-likeness (QED) is 0.194. The van der Waals surface area contributed by atoms with Crippen molar-refractivity contribution in [3.8, 4) is 34.5 Å². The molecule has 11 nitrogen and oxygen atoms in total. The van der Waals surface area contributed by atoms with Crippen molar-refractivity contribution in [3.05, 3.63) is 108 Å². The lowest BCUT2D eigenvalue weighted by atomic mass is 9.81. The number of rotatable bonds is 8. The van der Waals surface area contributed by atoms with Gasteiger partial charge in [0.05, 0.1) is 19.5 Å². The van der Waals surface area contributed by atoms with Gasteiger partial charge in [-0.15, -0.1) is 0 Å². The van der Waals surface area contributed by atoms with Crippen molar-refractivity contribution in [2.45, 2.75) is 24.7 Å². The van der Waals surface area contributed by atoms with E-state index in [0.29, 0.717) is 29.9 Å². The third-order valence-corrected chi connectivity index (χ3v) is 10.7. The Hall–Kier alpha value is -4.63. The Morgan fingerprint density at radius 2 is 1.15 bits per heavy atom. The number of phenols is 1. The van der Waals surface area contributed by atoms with Gasteiger partial charge in [-0.3, -0.25) is 4.18 Å². The number of phenolic OH excluding ortho intramolecular Hbond substituents is 1. The molecule has 4 aromatic rings. The molecule has 4 atom stereocenters. The molecule has 14 heteroatoms. The number of nitrogens with zero attached hydrogens (tertiary/aromatic N) is 2. The molecule has 0 spiro atoms. The van der Waals surface area contributed by atoms with Gasteiger partial charge in [-0.25, -0.2) is 8.78 Å². The Bertz CT molecular complexity index is 1970. The second kappa shape index (κ2) is 18.3. The van der Waals surface area contributed by atoms with Crippen LogP contribution >= 0.6 is 0 Å². The van der Waals surface area contributed by atoms with Gasteiger partial charge in [0.2, 0.25) is 13.6 Å². The van der Waals surface area contributed by atoms with E-state index in [1.54, 1.807) is 36.4 Å². The van der Waals surface area contributed by atoms with E-state index < -0.39 is 10.1 Å². The Kier molecular flexibility index (Phi) is 13.4. The Labute approximate surface area is 321 Å². The van der Waals surface area contributed by atoms with Crippen LogP contribution in [0.1, 0.15) is 35.8 Å². The third kappa shape index (κ3) is 11.4. The van der Waals surface area contributed by atoms with Crippen molar-refractivity contribution in [3.63, 3.8) is 0 Å². The predicted octanol–water partition coefficient (Wildman–Crippen LogP) is 6.63. The number of likely N-dealkylation sites (tertiary alicyclic amines) is 2. The van der Waals surface area contributed by atoms with E-state index in [0.717, 1.165) is 68.1 Å². The molecule has 2 fully saturated rings. The topological polar surface area (TPSA) is 116 Å². The maximum absolute atomic E-state index is 13.2. The summed E-state index contributed by atoms with van der Waals surface area (Å²) < 4.78 is 80.3. The second-order valence-electron chi connectivity index (χ2n) is 14.3. The first kappa shape index (κ1) is 40.0. The summed E-state index contributed by atoms with van der Waals surface area (Å²) in [6.07, 6.45) is 3.03. The summed E-state index contributed by atoms with van der Waals surface area (Å²) in [5.74, 6) is 4.36. The molecule has 55 heavy (non-hydrogen) atoms. The minimum Gasteiger partial charge on any atom is -0.508 e. The summed E-state index contributed by atoms with van der Waals surface area (Å²) >= 11 is 0. The minimum absolute atomic E-state index is 0.0916. The van der Waals surface area contributed by atoms with E-state index in [4.69, 9.17) is 33.0 Å². The summed E-state index contributed by atoms with van der Waals surface area (Å²) in [5.41, 5.74) is 2.23. The van der Waals surface area contributed by atoms with Gasteiger partial charge in [0.15, 0.2) is 23.0 Å². The fraction of sp³-hybridized carbons (Fsp3) is 0.415. The molecule has 0 radical (unpaired) electrons. The molecule has 0 saturated carbocycles. The Morgan fingerprint density at radius 1 is 0.673 bits per heavy atom. The molecule has 4 heterocycles. The van der Waals surface area contributed by atoms with E-state index in [1.807, 2.05) is 37.4 Å². The zero-order chi connectivity index (χ0) is 39.0. The van der Waals surface area contributed by atoms with E-state index in [9.17, 15) is 17.2 Å². The number of piperidine rings is 2. The number of benzene rings is 4. The van der Waals surface area contributed by atoms with Crippen LogP contribution in [0.2, 0.25) is 0 Å². The summed E-state index contributed by atoms with van der Waals surface area (Å²) in [7, 11) is 0.710. The van der Waals surface area contributed by atoms with Crippen molar-refractivity contribution in [2.24, 2.45) is 11.8 Å². The summed E-state index contributed by atoms with van der Waals surface area (Å²) in [4.78, 5) is 4.49. The number of ether oxygens (including phenoxy) is 5. The first-order chi connectivity index (χ1) is 26.4. The van der Waals surface area contributed by atoms with E-state index in [-0.39, 0.29) is 49.4 Å². The summed E-state index contributed by atoms with van der Waals surface area (Å²) in [5, 5.41) is 8.96. The highest BCUT2D eigenvalue weighted by Crippen LogP contribution is 2.38. The van der Waals surface area contributed by atoms with Gasteiger partial charge < -0.3 is 38.6 Å². The standard InChI is InChI=1S/C20H22FNO3.C14H20FNO3S.C7H6O3/c1-22-9-8-18(14-2-4-16(21)5-3-14)15(11-22)12-23-17-6-7-19-20(10-17)25-13-24-19;1-16-8-7-14(11-3-5-13(15)6-4-11)12(9-16)10-19-20(2,17)18;8-5-1-2-6-7(3-5)10-4-9-6/h2-7,10,15,18H,8-9,11-13H2,1H3;3-6,12,14H,7-10H2,1-2H3;1-3,8H,4H2. The van der Waals surface area contributed by atoms with Gasteiger partial charge in [-0.1, -0.05) is 24.3 Å². The lowest BCUT2D eigenvalue weighted by Crippen LogP contribution is -2.39. The lowest BCUT2D eigenvalue weighted by Gasteiger charge is -2.37. The fourth-order valence-electron chi connectivity index (χ4n) is 7.33. The van der Waals surface area contributed by atoms with Crippen LogP contribution in [0.3, 0.4) is 0 Å². The molecule has 296 valence electrons. The van der Waals surface area contributed by atoms with E-state index in [2.05, 4.69) is 16.8 Å². The van der Waals surface area contributed by atoms with E-state index >= 15 is 0 Å². The zero-order valence-electron chi connectivity index (χ0n) is 31.2. The van der Waals surface area contributed by atoms with Gasteiger partial charge in [0.25, 0.3) is 10.1 Å². The zero-order valence-corrected chi connectivity index (χ0v) is 32.1. The van der Waals surface area contributed by atoms with Crippen molar-refractivity contribution in [1.82, 2.24) is 9.80 Å². The number of aromatic hydroxyl groups is 1. The first-order valence-corrected chi connectivity index (χ1v) is 20.1. The van der Waals surface area contributed by atoms with Crippen molar-refractivity contribution >= 4 is 10.1 Å². The van der Waals surface area contributed by atoms with Gasteiger partial charge in [0, 0.05) is 37.1 Å². The Balaban J connectivity index is 0.000000152. The summed E-state index contributed by atoms with van der Waals surface area (Å²) in [6.45, 7) is 5.03. The third-order valence-electron chi connectivity index (χ3n) is 10.1. The molecule has 0 bridgehead atoms. The smallest absolute Gasteiger partial charge is 0.264 e. The van der Waals surface area contributed by atoms with Gasteiger partial charge in [0.1, 0.15) is 23.1 Å². The van der Waals surface area contributed by atoms with Crippen LogP contribution in [0.4, 0.5) is 8.78 Å². The van der Waals surface area contributed by atoms with Crippen LogP contribution in [-0.2, 0) is 14.3 Å². The molecule has 0 amide bonds. The molecule has 0 aliphatic carbocycles. The van der Waals surface area contributed by atoms with Gasteiger partial charge in [-0.05, 0) is 112 Å². The van der Waals surface area contributed by atoms with Crippen molar-refractivity contribution in [1.29, 1.82) is 0 Å². The van der Waals surface area contributed by atoms with E-state index in [1.165, 1.54) is 23.8 Å². The number of hydrogen-bond acceptors (Lipinski definition) is 11. The monoisotopic (exact) mass is 782 g/mol. The summed E-state index contributed by atoms with van der Waals surface area (Å²) in [6, 6.07) is 23.8. The van der Waals surface area contributed by atoms with Crippen LogP contribution in [0.15, 0.2) is 84.9 Å². The lowest BCUT2D eigenvalue weighted by molar-refractivity contribution is 0.129. The van der Waals surface area contributed by atoms with Crippen LogP contribution < -0.4 is 23.7 Å². The molecular formula is C41H48F2N2O9S. The maximum Gasteiger partial charge on any atom is 0.264 e. The average molecular weight is 783 g/mol. The van der Waals surface area contributed by atoms with Crippen LogP contribution in [0.25, 0.3) is 0 Å². The number of hydrogen-bond donors (Lipinski definition) is 1. The minimum atomic E-state index is -3.43. The van der Waals surface area contributed by atoms with Crippen molar-refractivity contribution < 1.29 is 50.2 Å². The maximum atomic E-state index is 13.2. The molecule has 4 aromatic carbocycles. The van der Waals surface area contributed by atoms with Gasteiger partial charge >= 0.3 is 0 Å². The van der Waals surface area contributed by atoms with Crippen LogP contribution in [-0.4, -0.2) is 96.7 Å². The fourth-order valence-corrected chi connectivity index (χ4v) is 7.75. The Morgan fingerprint density at radius 3 is 1.67 bits per heavy atom. The molecule has 2 saturated heterocycles. The number of halogens is 2. The molecule has 4 aliphatic heterocycles. The van der Waals surface area contributed by atoms with Crippen LogP contribution in [0.5, 0.6) is 34.5 Å². The molecule has 0 aromatic heterocycles. The van der Waals surface area contributed by atoms with Crippen molar-refractivity contribution in [2.75, 3.05) is 73.3 Å². The van der Waals surface area contributed by atoms with Gasteiger partial charge in [-0.2, -0.15) is 8.42 Å². The highest BCUT2D eigenvalue weighted by Gasteiger charge is 2.31. The molecule has 4 aliphatic rings. The first-order valence-electron chi connectivity index (χ1n) is 18.2. The predicted molar refractivity (Wildman–Crippen MR) is 203 cm³/mol. The average Bonchev–Trinajstić information content (AvgIpc) is 3.84. The highest BCUT2D eigenvalue weighted by atomic mass is 32.2. The molecule has 4 unspecified atom stereocenters. The molecular weight excluding hydrogens is 735 g/mol. The highest BCUT2D eigenvalue weighted by molar-refractivity contribution is 7.85.